The third kappa shape index (κ3) is 7.37. The van der Waals surface area contributed by atoms with E-state index in [4.69, 9.17) is 21.2 Å². The van der Waals surface area contributed by atoms with Crippen LogP contribution in [0.1, 0.15) is 84.8 Å². The van der Waals surface area contributed by atoms with Gasteiger partial charge in [-0.25, -0.2) is 4.39 Å². The maximum absolute atomic E-state index is 15.1. The zero-order valence-corrected chi connectivity index (χ0v) is 26.3. The zero-order chi connectivity index (χ0) is 31.2. The Morgan fingerprint density at radius 2 is 2.07 bits per heavy atom. The Hall–Kier alpha value is -3.72. The van der Waals surface area contributed by atoms with Crippen molar-refractivity contribution in [2.75, 3.05) is 7.11 Å². The average molecular weight is 579 g/mol. The lowest BCUT2D eigenvalue weighted by Gasteiger charge is -2.38. The number of rotatable bonds is 11. The van der Waals surface area contributed by atoms with Gasteiger partial charge >= 0.3 is 0 Å². The second-order valence-electron chi connectivity index (χ2n) is 11.5. The Bertz CT molecular complexity index is 1460. The second-order valence-corrected chi connectivity index (χ2v) is 11.5. The summed E-state index contributed by atoms with van der Waals surface area (Å²) in [7, 11) is 1.76. The molecule has 0 spiro atoms. The van der Waals surface area contributed by atoms with E-state index in [1.165, 1.54) is 12.2 Å². The quantitative estimate of drug-likeness (QED) is 0.178. The summed E-state index contributed by atoms with van der Waals surface area (Å²) in [6.07, 6.45) is 9.23. The van der Waals surface area contributed by atoms with Gasteiger partial charge in [0.2, 0.25) is 5.91 Å². The van der Waals surface area contributed by atoms with E-state index >= 15 is 4.39 Å². The number of carbonyl (C=O) groups excluding carboxylic acids is 1. The third-order valence-electron chi connectivity index (χ3n) is 8.47. The smallest absolute Gasteiger partial charge is 0.226 e. The molecule has 3 atom stereocenters. The first-order valence-electron chi connectivity index (χ1n) is 14.7. The number of halogens is 1. The summed E-state index contributed by atoms with van der Waals surface area (Å²) in [5.74, 6) is -1.73. The average Bonchev–Trinajstić information content (AvgIpc) is 3.45. The summed E-state index contributed by atoms with van der Waals surface area (Å²) in [5, 5.41) is 11.8. The van der Waals surface area contributed by atoms with Crippen molar-refractivity contribution >= 4 is 28.2 Å². The van der Waals surface area contributed by atoms with Gasteiger partial charge in [-0.2, -0.15) is 5.10 Å². The Morgan fingerprint density at radius 1 is 1.36 bits per heavy atom. The maximum Gasteiger partial charge on any atom is 0.226 e. The number of aryl methyl sites for hydroxylation is 1. The van der Waals surface area contributed by atoms with Crippen molar-refractivity contribution < 1.29 is 13.9 Å². The minimum atomic E-state index is -0.780. The van der Waals surface area contributed by atoms with Gasteiger partial charge in [0.1, 0.15) is 5.83 Å². The zero-order valence-electron chi connectivity index (χ0n) is 26.3. The van der Waals surface area contributed by atoms with Crippen molar-refractivity contribution in [3.8, 4) is 0 Å². The van der Waals surface area contributed by atoms with E-state index in [2.05, 4.69) is 29.4 Å². The molecule has 3 rings (SSSR count). The molecule has 2 unspecified atom stereocenters. The van der Waals surface area contributed by atoms with E-state index in [-0.39, 0.29) is 23.2 Å². The number of H-pyrrole nitrogens is 1. The molecule has 1 aromatic heterocycles. The standard InChI is InChI=1S/C33H47FN6O2/c1-9-19(3)30(39-24-12-11-15-33(7,17-24)42-8)25(16-23(34)10-2)22(6)38-31(29(35)21(5)32(36)41)28-20(4)13-14-27-26(28)18-37-40-27/h10,13-14,16,18,21,24,39H,9,11-12,15,17,35H2,1-8H3,(H2,36,41)(H,37,40)/b23-10+,25-16-,30-19-,31-29+,38-22+/t21?,24-,33?/m0/s1. The van der Waals surface area contributed by atoms with Crippen LogP contribution in [0, 0.1) is 12.8 Å². The number of aromatic nitrogens is 2. The predicted molar refractivity (Wildman–Crippen MR) is 170 cm³/mol. The van der Waals surface area contributed by atoms with Crippen LogP contribution in [0.4, 0.5) is 4.39 Å². The highest BCUT2D eigenvalue weighted by molar-refractivity contribution is 6.07. The summed E-state index contributed by atoms with van der Waals surface area (Å²) in [6, 6.07) is 4.02. The fourth-order valence-electron chi connectivity index (χ4n) is 5.44. The van der Waals surface area contributed by atoms with Gasteiger partial charge < -0.3 is 21.5 Å². The second kappa shape index (κ2) is 14.0. The van der Waals surface area contributed by atoms with E-state index in [1.54, 1.807) is 27.2 Å². The van der Waals surface area contributed by atoms with Crippen molar-refractivity contribution in [3.05, 3.63) is 70.0 Å². The van der Waals surface area contributed by atoms with Crippen LogP contribution in [0.15, 0.2) is 63.8 Å². The topological polar surface area (TPSA) is 131 Å². The first-order valence-corrected chi connectivity index (χ1v) is 14.7. The van der Waals surface area contributed by atoms with E-state index in [0.29, 0.717) is 17.0 Å². The lowest BCUT2D eigenvalue weighted by atomic mass is 9.82. The number of fused-ring (bicyclic) bond motifs is 1. The minimum absolute atomic E-state index is 0.141. The molecule has 1 aliphatic carbocycles. The van der Waals surface area contributed by atoms with Crippen LogP contribution >= 0.6 is 0 Å². The Kier molecular flexibility index (Phi) is 10.9. The number of hydrogen-bond acceptors (Lipinski definition) is 6. The molecule has 9 heteroatoms. The van der Waals surface area contributed by atoms with Crippen molar-refractivity contribution in [2.45, 2.75) is 92.2 Å². The van der Waals surface area contributed by atoms with E-state index in [9.17, 15) is 4.79 Å². The van der Waals surface area contributed by atoms with Crippen LogP contribution in [0.3, 0.4) is 0 Å². The Balaban J connectivity index is 2.26. The minimum Gasteiger partial charge on any atom is -0.400 e. The molecule has 0 saturated heterocycles. The summed E-state index contributed by atoms with van der Waals surface area (Å²) >= 11 is 0. The van der Waals surface area contributed by atoms with Crippen LogP contribution in [0.5, 0.6) is 0 Å². The third-order valence-corrected chi connectivity index (χ3v) is 8.47. The molecule has 1 saturated carbocycles. The van der Waals surface area contributed by atoms with Crippen molar-refractivity contribution in [1.29, 1.82) is 0 Å². The van der Waals surface area contributed by atoms with Gasteiger partial charge in [0.15, 0.2) is 0 Å². The molecule has 0 aliphatic heterocycles. The number of nitrogens with two attached hydrogens (primary N) is 2. The molecule has 8 nitrogen and oxygen atoms in total. The molecule has 1 aromatic carbocycles. The van der Waals surface area contributed by atoms with Crippen molar-refractivity contribution in [3.63, 3.8) is 0 Å². The van der Waals surface area contributed by atoms with E-state index in [1.807, 2.05) is 32.9 Å². The van der Waals surface area contributed by atoms with E-state index in [0.717, 1.165) is 65.4 Å². The first-order chi connectivity index (χ1) is 19.8. The molecular formula is C33H47FN6O2. The molecule has 42 heavy (non-hydrogen) atoms. The van der Waals surface area contributed by atoms with Gasteiger partial charge in [-0.3, -0.25) is 14.9 Å². The number of hydrogen-bond donors (Lipinski definition) is 4. The van der Waals surface area contributed by atoms with Gasteiger partial charge in [0.05, 0.1) is 28.9 Å². The molecule has 1 aliphatic rings. The molecule has 2 aromatic rings. The normalized spacial score (nSPS) is 22.5. The predicted octanol–water partition coefficient (Wildman–Crippen LogP) is 6.50. The van der Waals surface area contributed by atoms with E-state index < -0.39 is 11.8 Å². The monoisotopic (exact) mass is 578 g/mol. The highest BCUT2D eigenvalue weighted by Gasteiger charge is 2.33. The Labute approximate surface area is 249 Å². The molecular weight excluding hydrogens is 531 g/mol. The number of carbonyl (C=O) groups is 1. The van der Waals surface area contributed by atoms with Crippen molar-refractivity contribution in [2.24, 2.45) is 22.4 Å². The molecule has 1 fully saturated rings. The first kappa shape index (κ1) is 32.8. The van der Waals surface area contributed by atoms with Gasteiger partial charge in [-0.15, -0.1) is 0 Å². The largest absolute Gasteiger partial charge is 0.400 e. The molecule has 228 valence electrons. The van der Waals surface area contributed by atoms with Crippen LogP contribution in [0.25, 0.3) is 16.6 Å². The number of primary amides is 1. The number of allylic oxidation sites excluding steroid dienone is 5. The fourth-order valence-corrected chi connectivity index (χ4v) is 5.44. The van der Waals surface area contributed by atoms with Crippen molar-refractivity contribution in [1.82, 2.24) is 15.5 Å². The molecule has 0 radical (unpaired) electrons. The lowest BCUT2D eigenvalue weighted by molar-refractivity contribution is -0.120. The number of aromatic amines is 1. The van der Waals surface area contributed by atoms with Gasteiger partial charge in [-0.05, 0) is 96.9 Å². The maximum atomic E-state index is 15.1. The number of methoxy groups -OCH3 is 1. The van der Waals surface area contributed by atoms with Crippen LogP contribution in [-0.2, 0) is 9.53 Å². The molecule has 1 amide bonds. The van der Waals surface area contributed by atoms with Gasteiger partial charge in [0.25, 0.3) is 0 Å². The molecule has 1 heterocycles. The molecule has 6 N–H and O–H groups in total. The lowest BCUT2D eigenvalue weighted by Crippen LogP contribution is -2.43. The summed E-state index contributed by atoms with van der Waals surface area (Å²) in [6.45, 7) is 13.4. The fraction of sp³-hybridized carbons (Fsp3) is 0.485. The SMILES string of the molecule is C\C=C(F)/C=C(C(\N[C@H]1CCCC(C)(OC)C1)=C(/C)CC)/C(C)=N/C(=C(/N)C(C)C(N)=O)c1c(C)ccc2[nH]ncc12. The number of ether oxygens (including phenoxy) is 1. The summed E-state index contributed by atoms with van der Waals surface area (Å²) < 4.78 is 20.9. The van der Waals surface area contributed by atoms with Crippen LogP contribution < -0.4 is 16.8 Å². The van der Waals surface area contributed by atoms with Gasteiger partial charge in [0, 0.05) is 46.8 Å². The highest BCUT2D eigenvalue weighted by atomic mass is 19.1. The number of aliphatic imine (C=N–C) groups is 1. The summed E-state index contributed by atoms with van der Waals surface area (Å²) in [5.41, 5.74) is 18.3. The number of nitrogens with zero attached hydrogens (tertiary/aromatic N) is 2. The number of benzene rings is 1. The Morgan fingerprint density at radius 3 is 2.69 bits per heavy atom. The number of nitrogens with one attached hydrogen (secondary N) is 2. The summed E-state index contributed by atoms with van der Waals surface area (Å²) in [4.78, 5) is 17.3. The molecule has 0 bridgehead atoms. The van der Waals surface area contributed by atoms with Crippen LogP contribution in [-0.4, -0.2) is 40.6 Å². The van der Waals surface area contributed by atoms with Gasteiger partial charge in [-0.1, -0.05) is 19.1 Å². The highest BCUT2D eigenvalue weighted by Crippen LogP contribution is 2.35. The van der Waals surface area contributed by atoms with Crippen LogP contribution in [0.2, 0.25) is 0 Å². The number of amides is 1.